The number of hydrogen-bond acceptors (Lipinski definition) is 15. The molecule has 0 heterocycles. The molecule has 0 saturated heterocycles. The van der Waals surface area contributed by atoms with Gasteiger partial charge in [-0.2, -0.15) is 0 Å². The average molecular weight is 1460 g/mol. The molecular weight excluding hydrogens is 1310 g/mol. The summed E-state index contributed by atoms with van der Waals surface area (Å²) in [5.74, 6) is -0.640. The van der Waals surface area contributed by atoms with Crippen LogP contribution in [0.5, 0.6) is 0 Å². The Balaban J connectivity index is 5.28. The van der Waals surface area contributed by atoms with Crippen molar-refractivity contribution in [1.29, 1.82) is 0 Å². The van der Waals surface area contributed by atoms with Gasteiger partial charge in [-0.1, -0.05) is 348 Å². The molecular formula is C81H154O17P2. The van der Waals surface area contributed by atoms with Crippen LogP contribution in [0, 0.1) is 11.8 Å². The van der Waals surface area contributed by atoms with Crippen molar-refractivity contribution in [3.63, 3.8) is 0 Å². The Bertz CT molecular complexity index is 2020. The van der Waals surface area contributed by atoms with E-state index < -0.39 is 97.5 Å². The lowest BCUT2D eigenvalue weighted by molar-refractivity contribution is -0.161. The quantitative estimate of drug-likeness (QED) is 0.0169. The van der Waals surface area contributed by atoms with Crippen LogP contribution in [0.3, 0.4) is 0 Å². The Kier molecular flexibility index (Phi) is 70.3. The number of carbonyl (C=O) groups excluding carboxylic acids is 4. The maximum absolute atomic E-state index is 13.1. The van der Waals surface area contributed by atoms with Crippen LogP contribution in [0.25, 0.3) is 0 Å². The van der Waals surface area contributed by atoms with Crippen LogP contribution < -0.4 is 0 Å². The topological polar surface area (TPSA) is 237 Å². The molecule has 100 heavy (non-hydrogen) atoms. The summed E-state index contributed by atoms with van der Waals surface area (Å²) in [5.41, 5.74) is 0. The molecule has 0 bridgehead atoms. The van der Waals surface area contributed by atoms with Gasteiger partial charge in [-0.05, 0) is 63.2 Å². The molecule has 0 aromatic rings. The Morgan fingerprint density at radius 1 is 0.310 bits per heavy atom. The third-order valence-electron chi connectivity index (χ3n) is 18.3. The van der Waals surface area contributed by atoms with Crippen molar-refractivity contribution in [2.45, 2.75) is 419 Å². The fourth-order valence-electron chi connectivity index (χ4n) is 12.0. The van der Waals surface area contributed by atoms with E-state index >= 15 is 0 Å². The molecule has 0 aliphatic rings. The summed E-state index contributed by atoms with van der Waals surface area (Å²) < 4.78 is 68.7. The van der Waals surface area contributed by atoms with Crippen molar-refractivity contribution >= 4 is 39.5 Å². The predicted molar refractivity (Wildman–Crippen MR) is 409 cm³/mol. The number of esters is 4. The smallest absolute Gasteiger partial charge is 0.462 e. The van der Waals surface area contributed by atoms with E-state index in [-0.39, 0.29) is 25.7 Å². The molecule has 0 aromatic carbocycles. The van der Waals surface area contributed by atoms with Gasteiger partial charge in [0.25, 0.3) is 0 Å². The van der Waals surface area contributed by atoms with E-state index in [2.05, 4.69) is 65.8 Å². The Labute approximate surface area is 612 Å². The number of hydrogen-bond donors (Lipinski definition) is 3. The summed E-state index contributed by atoms with van der Waals surface area (Å²) in [5, 5.41) is 10.6. The fraction of sp³-hybridized carbons (Fsp3) is 0.901. The van der Waals surface area contributed by atoms with Crippen molar-refractivity contribution < 1.29 is 80.2 Å². The zero-order chi connectivity index (χ0) is 73.5. The number of aliphatic hydroxyl groups excluding tert-OH is 1. The third-order valence-corrected chi connectivity index (χ3v) is 20.2. The van der Waals surface area contributed by atoms with E-state index in [1.165, 1.54) is 199 Å². The van der Waals surface area contributed by atoms with Gasteiger partial charge >= 0.3 is 39.5 Å². The summed E-state index contributed by atoms with van der Waals surface area (Å²) in [6.07, 6.45) is 64.7. The van der Waals surface area contributed by atoms with Gasteiger partial charge in [-0.25, -0.2) is 9.13 Å². The van der Waals surface area contributed by atoms with Gasteiger partial charge in [0.2, 0.25) is 0 Å². The molecule has 0 rings (SSSR count). The number of rotatable bonds is 78. The van der Waals surface area contributed by atoms with Crippen LogP contribution in [0.1, 0.15) is 401 Å². The number of aliphatic hydroxyl groups is 1. The minimum absolute atomic E-state index is 0.102. The first-order valence-corrected chi connectivity index (χ1v) is 44.3. The highest BCUT2D eigenvalue weighted by Crippen LogP contribution is 2.45. The molecule has 0 aliphatic carbocycles. The van der Waals surface area contributed by atoms with E-state index in [4.69, 9.17) is 37.0 Å². The molecule has 17 nitrogen and oxygen atoms in total. The Hall–Kier alpha value is -2.46. The average Bonchev–Trinajstić information content (AvgIpc) is 0.947. The van der Waals surface area contributed by atoms with Gasteiger partial charge in [0, 0.05) is 25.7 Å². The highest BCUT2D eigenvalue weighted by molar-refractivity contribution is 7.47. The molecule has 0 aromatic heterocycles. The van der Waals surface area contributed by atoms with Gasteiger partial charge in [0.1, 0.15) is 19.3 Å². The minimum atomic E-state index is -4.97. The monoisotopic (exact) mass is 1460 g/mol. The summed E-state index contributed by atoms with van der Waals surface area (Å²) in [6.45, 7) is 9.54. The number of carbonyl (C=O) groups is 4. The van der Waals surface area contributed by atoms with E-state index in [0.29, 0.717) is 25.7 Å². The van der Waals surface area contributed by atoms with Gasteiger partial charge in [-0.15, -0.1) is 0 Å². The molecule has 0 aliphatic heterocycles. The van der Waals surface area contributed by atoms with E-state index in [1.807, 2.05) is 0 Å². The van der Waals surface area contributed by atoms with Gasteiger partial charge < -0.3 is 33.8 Å². The fourth-order valence-corrected chi connectivity index (χ4v) is 13.6. The van der Waals surface area contributed by atoms with Crippen molar-refractivity contribution in [1.82, 2.24) is 0 Å². The van der Waals surface area contributed by atoms with Crippen molar-refractivity contribution in [3.05, 3.63) is 24.3 Å². The summed E-state index contributed by atoms with van der Waals surface area (Å²) in [7, 11) is -9.93. The molecule has 0 radical (unpaired) electrons. The molecule has 3 N–H and O–H groups in total. The molecule has 0 amide bonds. The molecule has 0 fully saturated rings. The van der Waals surface area contributed by atoms with Crippen LogP contribution in [0.4, 0.5) is 0 Å². The van der Waals surface area contributed by atoms with Gasteiger partial charge in [0.05, 0.1) is 26.4 Å². The second-order valence-corrected chi connectivity index (χ2v) is 32.3. The zero-order valence-corrected chi connectivity index (χ0v) is 66.8. The molecule has 590 valence electrons. The van der Waals surface area contributed by atoms with Crippen molar-refractivity contribution in [2.75, 3.05) is 39.6 Å². The van der Waals surface area contributed by atoms with Crippen LogP contribution in [-0.2, 0) is 65.4 Å². The van der Waals surface area contributed by atoms with Crippen LogP contribution in [0.2, 0.25) is 0 Å². The number of allylic oxidation sites excluding steroid dienone is 4. The number of ether oxygens (including phenoxy) is 4. The summed E-state index contributed by atoms with van der Waals surface area (Å²) in [4.78, 5) is 73.0. The summed E-state index contributed by atoms with van der Waals surface area (Å²) >= 11 is 0. The lowest BCUT2D eigenvalue weighted by Crippen LogP contribution is -2.30. The first-order valence-electron chi connectivity index (χ1n) is 41.3. The maximum Gasteiger partial charge on any atom is 0.472 e. The van der Waals surface area contributed by atoms with Crippen LogP contribution >= 0.6 is 15.6 Å². The first kappa shape index (κ1) is 97.5. The van der Waals surface area contributed by atoms with Crippen LogP contribution in [0.15, 0.2) is 24.3 Å². The predicted octanol–water partition coefficient (Wildman–Crippen LogP) is 23.8. The highest BCUT2D eigenvalue weighted by atomic mass is 31.2. The largest absolute Gasteiger partial charge is 0.472 e. The standard InChI is InChI=1S/C81H154O17P2/c1-7-9-11-13-15-17-19-21-23-24-25-26-28-30-35-39-47-53-59-65-80(85)97-76(69-91-78(83)63-57-51-45-38-34-29-27-22-20-18-16-14-12-10-8-2)71-95-99(87,88)93-67-75(82)68-94-100(89,90)96-72-77(70-92-79(84)64-58-52-46-42-41-44-50-56-62-74(5)6)98-81(86)66-60-54-48-40-36-32-31-33-37-43-49-55-61-73(3)4/h18,20,22,27,73-77,82H,7-17,19,21,23-26,28-72H2,1-6H3,(H,87,88)(H,89,90)/b20-18-,27-22-/t75-,76-,77-/m1/s1. The number of unbranched alkanes of at least 4 members (excludes halogenated alkanes) is 45. The second-order valence-electron chi connectivity index (χ2n) is 29.4. The van der Waals surface area contributed by atoms with E-state index in [1.54, 1.807) is 0 Å². The van der Waals surface area contributed by atoms with Gasteiger partial charge in [-0.3, -0.25) is 37.3 Å². The van der Waals surface area contributed by atoms with Crippen molar-refractivity contribution in [2.24, 2.45) is 11.8 Å². The van der Waals surface area contributed by atoms with Crippen LogP contribution in [-0.4, -0.2) is 96.7 Å². The minimum Gasteiger partial charge on any atom is -0.462 e. The first-order chi connectivity index (χ1) is 48.4. The third kappa shape index (κ3) is 73.8. The molecule has 5 atom stereocenters. The normalized spacial score (nSPS) is 14.1. The van der Waals surface area contributed by atoms with E-state index in [9.17, 15) is 43.2 Å². The molecule has 0 saturated carbocycles. The van der Waals surface area contributed by atoms with E-state index in [0.717, 1.165) is 121 Å². The molecule has 19 heteroatoms. The zero-order valence-electron chi connectivity index (χ0n) is 65.0. The SMILES string of the molecule is CCCCCC/C=C\C=C/CCCCCCCC(=O)OC[C@H](COP(=O)(O)OC[C@@H](O)COP(=O)(O)OC[C@@H](COC(=O)CCCCCCCCCCC(C)C)OC(=O)CCCCCCCCCCCCCCC(C)C)OC(=O)CCCCCCCCCCCCCCCCCCCCC. The summed E-state index contributed by atoms with van der Waals surface area (Å²) in [6, 6.07) is 0. The van der Waals surface area contributed by atoms with Crippen molar-refractivity contribution in [3.8, 4) is 0 Å². The maximum atomic E-state index is 13.1. The second kappa shape index (κ2) is 72.1. The lowest BCUT2D eigenvalue weighted by atomic mass is 10.0. The Morgan fingerprint density at radius 2 is 0.540 bits per heavy atom. The number of phosphoric acid groups is 2. The highest BCUT2D eigenvalue weighted by Gasteiger charge is 2.30. The molecule has 2 unspecified atom stereocenters. The lowest BCUT2D eigenvalue weighted by Gasteiger charge is -2.21. The molecule has 0 spiro atoms. The Morgan fingerprint density at radius 3 is 0.820 bits per heavy atom. The number of phosphoric ester groups is 2. The van der Waals surface area contributed by atoms with Gasteiger partial charge in [0.15, 0.2) is 12.2 Å².